The molecule has 118 valence electrons. The van der Waals surface area contributed by atoms with E-state index >= 15 is 0 Å². The maximum atomic E-state index is 12.3. The average Bonchev–Trinajstić information content (AvgIpc) is 2.93. The second-order valence-electron chi connectivity index (χ2n) is 4.67. The van der Waals surface area contributed by atoms with E-state index < -0.39 is 18.0 Å². The van der Waals surface area contributed by atoms with Gasteiger partial charge < -0.3 is 10.1 Å². The SMILES string of the molecule is O=C(Nc1cccc(OC(F)(F)F)c1)c1cccc2cn[nH]c12. The largest absolute Gasteiger partial charge is 0.573 e. The van der Waals surface area contributed by atoms with Crippen molar-refractivity contribution in [2.75, 3.05) is 5.32 Å². The Morgan fingerprint density at radius 2 is 1.96 bits per heavy atom. The van der Waals surface area contributed by atoms with Gasteiger partial charge in [0.15, 0.2) is 0 Å². The zero-order chi connectivity index (χ0) is 16.4. The third-order valence-electron chi connectivity index (χ3n) is 3.05. The first-order valence-electron chi connectivity index (χ1n) is 6.52. The number of aromatic amines is 1. The molecule has 0 unspecified atom stereocenters. The molecule has 0 aliphatic carbocycles. The molecule has 8 heteroatoms. The summed E-state index contributed by atoms with van der Waals surface area (Å²) in [5.41, 5.74) is 1.07. The number of hydrogen-bond acceptors (Lipinski definition) is 3. The number of H-pyrrole nitrogens is 1. The molecule has 1 aromatic heterocycles. The summed E-state index contributed by atoms with van der Waals surface area (Å²) in [6, 6.07) is 10.1. The molecule has 2 aromatic carbocycles. The van der Waals surface area contributed by atoms with Crippen LogP contribution >= 0.6 is 0 Å². The Bertz CT molecular complexity index is 858. The number of nitrogens with one attached hydrogen (secondary N) is 2. The highest BCUT2D eigenvalue weighted by Gasteiger charge is 2.31. The lowest BCUT2D eigenvalue weighted by Crippen LogP contribution is -2.17. The van der Waals surface area contributed by atoms with Gasteiger partial charge in [-0.05, 0) is 18.2 Å². The van der Waals surface area contributed by atoms with Crippen LogP contribution in [0.5, 0.6) is 5.75 Å². The number of carbonyl (C=O) groups excluding carboxylic acids is 1. The molecule has 0 bridgehead atoms. The number of anilines is 1. The molecule has 0 radical (unpaired) electrons. The monoisotopic (exact) mass is 321 g/mol. The van der Waals surface area contributed by atoms with Crippen LogP contribution in [0.4, 0.5) is 18.9 Å². The number of fused-ring (bicyclic) bond motifs is 1. The second-order valence-corrected chi connectivity index (χ2v) is 4.67. The van der Waals surface area contributed by atoms with Crippen LogP contribution in [-0.4, -0.2) is 22.5 Å². The van der Waals surface area contributed by atoms with Crippen molar-refractivity contribution in [3.63, 3.8) is 0 Å². The molecule has 23 heavy (non-hydrogen) atoms. The van der Waals surface area contributed by atoms with Crippen molar-refractivity contribution in [3.05, 3.63) is 54.2 Å². The highest BCUT2D eigenvalue weighted by Crippen LogP contribution is 2.25. The summed E-state index contributed by atoms with van der Waals surface area (Å²) in [7, 11) is 0. The molecular formula is C15H10F3N3O2. The summed E-state index contributed by atoms with van der Waals surface area (Å²) in [6.07, 6.45) is -3.21. The molecule has 0 saturated carbocycles. The molecule has 3 rings (SSSR count). The summed E-state index contributed by atoms with van der Waals surface area (Å²) in [5, 5.41) is 9.86. The first-order chi connectivity index (χ1) is 10.9. The predicted molar refractivity (Wildman–Crippen MR) is 77.2 cm³/mol. The molecule has 0 spiro atoms. The van der Waals surface area contributed by atoms with Crippen molar-refractivity contribution >= 4 is 22.5 Å². The van der Waals surface area contributed by atoms with E-state index in [4.69, 9.17) is 0 Å². The lowest BCUT2D eigenvalue weighted by Gasteiger charge is -2.11. The molecule has 0 atom stereocenters. The van der Waals surface area contributed by atoms with E-state index in [1.807, 2.05) is 0 Å². The smallest absolute Gasteiger partial charge is 0.406 e. The summed E-state index contributed by atoms with van der Waals surface area (Å²) in [6.45, 7) is 0. The normalized spacial score (nSPS) is 11.4. The van der Waals surface area contributed by atoms with Crippen LogP contribution in [0, 0.1) is 0 Å². The average molecular weight is 321 g/mol. The van der Waals surface area contributed by atoms with Crippen LogP contribution in [0.1, 0.15) is 10.4 Å². The van der Waals surface area contributed by atoms with Gasteiger partial charge in [-0.15, -0.1) is 13.2 Å². The lowest BCUT2D eigenvalue weighted by molar-refractivity contribution is -0.274. The minimum atomic E-state index is -4.79. The van der Waals surface area contributed by atoms with Gasteiger partial charge in [0.1, 0.15) is 5.75 Å². The fourth-order valence-electron chi connectivity index (χ4n) is 2.13. The molecule has 2 N–H and O–H groups in total. The van der Waals surface area contributed by atoms with Crippen molar-refractivity contribution in [1.29, 1.82) is 0 Å². The summed E-state index contributed by atoms with van der Waals surface area (Å²) in [5.74, 6) is -0.876. The molecule has 0 fully saturated rings. The predicted octanol–water partition coefficient (Wildman–Crippen LogP) is 3.71. The first kappa shape index (κ1) is 14.9. The van der Waals surface area contributed by atoms with E-state index in [9.17, 15) is 18.0 Å². The van der Waals surface area contributed by atoms with Crippen LogP contribution in [0.25, 0.3) is 10.9 Å². The van der Waals surface area contributed by atoms with Gasteiger partial charge in [-0.3, -0.25) is 9.89 Å². The third-order valence-corrected chi connectivity index (χ3v) is 3.05. The van der Waals surface area contributed by atoms with Gasteiger partial charge >= 0.3 is 6.36 Å². The van der Waals surface area contributed by atoms with Crippen molar-refractivity contribution in [1.82, 2.24) is 10.2 Å². The number of rotatable bonds is 3. The summed E-state index contributed by atoms with van der Waals surface area (Å²) < 4.78 is 40.5. The number of ether oxygens (including phenoxy) is 1. The Hall–Kier alpha value is -3.03. The molecule has 5 nitrogen and oxygen atoms in total. The minimum Gasteiger partial charge on any atom is -0.406 e. The number of nitrogens with zero attached hydrogens (tertiary/aromatic N) is 1. The zero-order valence-electron chi connectivity index (χ0n) is 11.5. The van der Waals surface area contributed by atoms with Gasteiger partial charge in [0.05, 0.1) is 17.3 Å². The maximum absolute atomic E-state index is 12.3. The number of halogens is 3. The van der Waals surface area contributed by atoms with Crippen molar-refractivity contribution in [2.45, 2.75) is 6.36 Å². The summed E-state index contributed by atoms with van der Waals surface area (Å²) in [4.78, 5) is 12.3. The molecule has 0 aliphatic rings. The van der Waals surface area contributed by atoms with Crippen molar-refractivity contribution in [3.8, 4) is 5.75 Å². The van der Waals surface area contributed by atoms with Crippen LogP contribution in [0.15, 0.2) is 48.7 Å². The van der Waals surface area contributed by atoms with E-state index in [0.717, 1.165) is 17.5 Å². The quantitative estimate of drug-likeness (QED) is 0.773. The lowest BCUT2D eigenvalue weighted by atomic mass is 10.1. The van der Waals surface area contributed by atoms with Crippen molar-refractivity contribution in [2.24, 2.45) is 0 Å². The molecular weight excluding hydrogens is 311 g/mol. The Morgan fingerprint density at radius 1 is 1.17 bits per heavy atom. The Balaban J connectivity index is 1.83. The number of benzene rings is 2. The van der Waals surface area contributed by atoms with E-state index in [0.29, 0.717) is 11.1 Å². The van der Waals surface area contributed by atoms with Gasteiger partial charge in [-0.2, -0.15) is 5.10 Å². The van der Waals surface area contributed by atoms with E-state index in [1.54, 1.807) is 24.4 Å². The zero-order valence-corrected chi connectivity index (χ0v) is 11.5. The van der Waals surface area contributed by atoms with Gasteiger partial charge in [-0.25, -0.2) is 0 Å². The Kier molecular flexibility index (Phi) is 3.65. The van der Waals surface area contributed by atoms with Gasteiger partial charge in [0, 0.05) is 17.1 Å². The second kappa shape index (κ2) is 5.64. The van der Waals surface area contributed by atoms with E-state index in [2.05, 4.69) is 20.3 Å². The maximum Gasteiger partial charge on any atom is 0.573 e. The summed E-state index contributed by atoms with van der Waals surface area (Å²) >= 11 is 0. The fraction of sp³-hybridized carbons (Fsp3) is 0.0667. The molecule has 0 saturated heterocycles. The number of amides is 1. The van der Waals surface area contributed by atoms with E-state index in [1.165, 1.54) is 12.1 Å². The number of carbonyl (C=O) groups is 1. The topological polar surface area (TPSA) is 67.0 Å². The fourth-order valence-corrected chi connectivity index (χ4v) is 2.13. The highest BCUT2D eigenvalue weighted by atomic mass is 19.4. The van der Waals surface area contributed by atoms with Crippen LogP contribution in [0.3, 0.4) is 0 Å². The van der Waals surface area contributed by atoms with E-state index in [-0.39, 0.29) is 5.69 Å². The standard InChI is InChI=1S/C15H10F3N3O2/c16-15(17,18)23-11-5-2-4-10(7-11)20-14(22)12-6-1-3-9-8-19-21-13(9)12/h1-8H,(H,19,21)(H,20,22). The Labute approximate surface area is 128 Å². The van der Waals surface area contributed by atoms with Crippen molar-refractivity contribution < 1.29 is 22.7 Å². The highest BCUT2D eigenvalue weighted by molar-refractivity contribution is 6.11. The first-order valence-corrected chi connectivity index (χ1v) is 6.52. The molecule has 0 aliphatic heterocycles. The third kappa shape index (κ3) is 3.42. The number of hydrogen-bond donors (Lipinski definition) is 2. The van der Waals surface area contributed by atoms with Crippen LogP contribution < -0.4 is 10.1 Å². The minimum absolute atomic E-state index is 0.188. The van der Waals surface area contributed by atoms with Crippen LogP contribution in [-0.2, 0) is 0 Å². The van der Waals surface area contributed by atoms with Gasteiger partial charge in [-0.1, -0.05) is 18.2 Å². The van der Waals surface area contributed by atoms with Gasteiger partial charge in [0.25, 0.3) is 5.91 Å². The van der Waals surface area contributed by atoms with Crippen LogP contribution in [0.2, 0.25) is 0 Å². The number of aromatic nitrogens is 2. The van der Waals surface area contributed by atoms with Gasteiger partial charge in [0.2, 0.25) is 0 Å². The molecule has 1 amide bonds. The Morgan fingerprint density at radius 3 is 2.74 bits per heavy atom. The molecule has 1 heterocycles. The number of alkyl halides is 3. The molecule has 3 aromatic rings. The number of para-hydroxylation sites is 1.